The molecule has 0 saturated heterocycles. The molecule has 6 heteroatoms. The fourth-order valence-electron chi connectivity index (χ4n) is 2.46. The van der Waals surface area contributed by atoms with Crippen molar-refractivity contribution in [3.05, 3.63) is 48.4 Å². The topological polar surface area (TPSA) is 45.4 Å². The highest BCUT2D eigenvalue weighted by Crippen LogP contribution is 2.26. The maximum Gasteiger partial charge on any atom is 0.243 e. The molecular weight excluding hydrogens is 351 g/mol. The first-order chi connectivity index (χ1) is 10.2. The van der Waals surface area contributed by atoms with E-state index in [1.54, 1.807) is 17.9 Å². The molecule has 0 saturated carbocycles. The molecule has 0 atom stereocenters. The van der Waals surface area contributed by atoms with Crippen LogP contribution in [-0.2, 0) is 0 Å². The van der Waals surface area contributed by atoms with Gasteiger partial charge in [-0.05, 0) is 30.3 Å². The van der Waals surface area contributed by atoms with E-state index >= 15 is 0 Å². The van der Waals surface area contributed by atoms with Gasteiger partial charge in [-0.25, -0.2) is 4.39 Å². The maximum absolute atomic E-state index is 13.6. The molecule has 0 amide bonds. The maximum atomic E-state index is 13.6. The largest absolute Gasteiger partial charge is 1.00 e. The predicted octanol–water partition coefficient (Wildman–Crippen LogP) is -1.03. The minimum Gasteiger partial charge on any atom is -1.00 e. The molecule has 1 aromatic heterocycles. The Morgan fingerprint density at radius 1 is 1.18 bits per heavy atom. The van der Waals surface area contributed by atoms with Crippen molar-refractivity contribution >= 4 is 21.7 Å². The summed E-state index contributed by atoms with van der Waals surface area (Å²) in [6.45, 7) is 0.429. The van der Waals surface area contributed by atoms with Crippen molar-refractivity contribution in [3.63, 3.8) is 0 Å². The third-order valence-electron chi connectivity index (χ3n) is 3.43. The Labute approximate surface area is 137 Å². The third kappa shape index (κ3) is 2.98. The molecular formula is C16H16BrFN2O2. The molecule has 116 valence electrons. The first-order valence-electron chi connectivity index (χ1n) is 6.69. The second kappa shape index (κ2) is 6.89. The van der Waals surface area contributed by atoms with Crippen LogP contribution in [-0.4, -0.2) is 25.4 Å². The van der Waals surface area contributed by atoms with Crippen molar-refractivity contribution in [3.8, 4) is 5.75 Å². The number of hydrogen-bond acceptors (Lipinski definition) is 3. The molecule has 2 N–H and O–H groups in total. The van der Waals surface area contributed by atoms with Gasteiger partial charge in [0, 0.05) is 11.5 Å². The Hall–Kier alpha value is -1.92. The van der Waals surface area contributed by atoms with Gasteiger partial charge in [-0.15, -0.1) is 0 Å². The molecule has 1 heterocycles. The van der Waals surface area contributed by atoms with E-state index in [0.29, 0.717) is 6.54 Å². The fraction of sp³-hybridized carbons (Fsp3) is 0.188. The number of methoxy groups -OCH3 is 1. The van der Waals surface area contributed by atoms with Gasteiger partial charge in [0.05, 0.1) is 31.0 Å². The quantitative estimate of drug-likeness (QED) is 0.458. The highest BCUT2D eigenvalue weighted by atomic mass is 79.9. The van der Waals surface area contributed by atoms with Crippen LogP contribution in [0, 0.1) is 5.82 Å². The zero-order chi connectivity index (χ0) is 14.8. The first-order valence-corrected chi connectivity index (χ1v) is 6.69. The average Bonchev–Trinajstić information content (AvgIpc) is 2.51. The molecule has 22 heavy (non-hydrogen) atoms. The molecule has 0 aliphatic rings. The minimum atomic E-state index is -0.278. The Balaban J connectivity index is 0.00000176. The average molecular weight is 367 g/mol. The van der Waals surface area contributed by atoms with Crippen LogP contribution in [0.4, 0.5) is 4.39 Å². The van der Waals surface area contributed by atoms with Crippen molar-refractivity contribution in [2.45, 2.75) is 0 Å². The van der Waals surface area contributed by atoms with Crippen LogP contribution >= 0.6 is 0 Å². The normalized spacial score (nSPS) is 10.5. The molecule has 0 fully saturated rings. The molecule has 2 aromatic carbocycles. The molecule has 0 aliphatic heterocycles. The van der Waals surface area contributed by atoms with Crippen molar-refractivity contribution < 1.29 is 35.9 Å². The minimum absolute atomic E-state index is 0. The van der Waals surface area contributed by atoms with E-state index in [1.807, 2.05) is 24.4 Å². The van der Waals surface area contributed by atoms with Gasteiger partial charge >= 0.3 is 0 Å². The molecule has 3 rings (SSSR count). The van der Waals surface area contributed by atoms with Crippen molar-refractivity contribution in [2.75, 3.05) is 25.7 Å². The lowest BCUT2D eigenvalue weighted by molar-refractivity contribution is -0.621. The van der Waals surface area contributed by atoms with E-state index in [0.717, 1.165) is 27.4 Å². The smallest absolute Gasteiger partial charge is 0.243 e. The Kier molecular flexibility index (Phi) is 5.15. The van der Waals surface area contributed by atoms with E-state index < -0.39 is 0 Å². The monoisotopic (exact) mass is 366 g/mol. The first kappa shape index (κ1) is 16.5. The molecule has 3 aromatic rings. The summed E-state index contributed by atoms with van der Waals surface area (Å²) >= 11 is 0. The number of pyridine rings is 1. The number of ether oxygens (including phenoxy) is 1. The van der Waals surface area contributed by atoms with Gasteiger partial charge in [-0.3, -0.25) is 0 Å². The van der Waals surface area contributed by atoms with Crippen LogP contribution in [0.3, 0.4) is 0 Å². The number of benzene rings is 2. The standard InChI is InChI=1S/C16H16FN2O2.BrH/c1-21-13-3-4-14-11(8-13)10-19(18-6-7-20)16-5-2-12(17)9-15(14)16;/h2-5,8-10,18,20H,6-7H2,1H3;1H/q+1;/p-1. The molecule has 4 nitrogen and oxygen atoms in total. The van der Waals surface area contributed by atoms with E-state index in [1.165, 1.54) is 12.1 Å². The van der Waals surface area contributed by atoms with Crippen LogP contribution in [0.2, 0.25) is 0 Å². The van der Waals surface area contributed by atoms with Gasteiger partial charge in [-0.2, -0.15) is 5.43 Å². The van der Waals surface area contributed by atoms with Gasteiger partial charge in [0.15, 0.2) is 0 Å². The number of hydrogen-bond donors (Lipinski definition) is 2. The molecule has 0 unspecified atom stereocenters. The van der Waals surface area contributed by atoms with Crippen LogP contribution in [0.15, 0.2) is 42.6 Å². The summed E-state index contributed by atoms with van der Waals surface area (Å²) < 4.78 is 20.6. The summed E-state index contributed by atoms with van der Waals surface area (Å²) in [6.07, 6.45) is 1.91. The van der Waals surface area contributed by atoms with E-state index in [-0.39, 0.29) is 29.4 Å². The van der Waals surface area contributed by atoms with Crippen LogP contribution < -0.4 is 31.8 Å². The number of fused-ring (bicyclic) bond motifs is 3. The summed E-state index contributed by atoms with van der Waals surface area (Å²) in [4.78, 5) is 0. The highest BCUT2D eigenvalue weighted by molar-refractivity contribution is 6.04. The van der Waals surface area contributed by atoms with E-state index in [9.17, 15) is 4.39 Å². The number of aliphatic hydroxyl groups is 1. The molecule has 0 bridgehead atoms. The fourth-order valence-corrected chi connectivity index (χ4v) is 2.46. The second-order valence-corrected chi connectivity index (χ2v) is 4.75. The summed E-state index contributed by atoms with van der Waals surface area (Å²) in [6, 6.07) is 10.3. The Bertz CT molecular complexity index is 811. The summed E-state index contributed by atoms with van der Waals surface area (Å²) in [5, 5.41) is 11.7. The van der Waals surface area contributed by atoms with Gasteiger partial charge in [0.2, 0.25) is 11.7 Å². The van der Waals surface area contributed by atoms with Crippen molar-refractivity contribution in [1.82, 2.24) is 0 Å². The number of halogens is 2. The Morgan fingerprint density at radius 3 is 2.73 bits per heavy atom. The SMILES string of the molecule is COc1ccc2c(c1)c[n+](NCCO)c1ccc(F)cc21.[Br-]. The number of aliphatic hydroxyl groups excluding tert-OH is 1. The predicted molar refractivity (Wildman–Crippen MR) is 79.5 cm³/mol. The molecule has 0 spiro atoms. The van der Waals surface area contributed by atoms with Crippen LogP contribution in [0.5, 0.6) is 5.75 Å². The molecule has 0 aliphatic carbocycles. The molecule has 0 radical (unpaired) electrons. The highest BCUT2D eigenvalue weighted by Gasteiger charge is 2.14. The van der Waals surface area contributed by atoms with Crippen molar-refractivity contribution in [2.24, 2.45) is 0 Å². The van der Waals surface area contributed by atoms with Crippen molar-refractivity contribution in [1.29, 1.82) is 0 Å². The van der Waals surface area contributed by atoms with Crippen LogP contribution in [0.1, 0.15) is 0 Å². The van der Waals surface area contributed by atoms with Gasteiger partial charge in [-0.1, -0.05) is 4.68 Å². The van der Waals surface area contributed by atoms with Crippen LogP contribution in [0.25, 0.3) is 21.7 Å². The zero-order valence-electron chi connectivity index (χ0n) is 12.0. The summed E-state index contributed by atoms with van der Waals surface area (Å²) in [7, 11) is 1.61. The third-order valence-corrected chi connectivity index (χ3v) is 3.43. The van der Waals surface area contributed by atoms with Gasteiger partial charge in [0.25, 0.3) is 0 Å². The number of aromatic nitrogens is 1. The lowest BCUT2D eigenvalue weighted by Gasteiger charge is -2.07. The lowest BCUT2D eigenvalue weighted by atomic mass is 10.1. The van der Waals surface area contributed by atoms with E-state index in [2.05, 4.69) is 5.43 Å². The number of rotatable bonds is 4. The lowest BCUT2D eigenvalue weighted by Crippen LogP contribution is -3.00. The summed E-state index contributed by atoms with van der Waals surface area (Å²) in [5.41, 5.74) is 3.94. The van der Waals surface area contributed by atoms with Gasteiger partial charge in [0.1, 0.15) is 11.6 Å². The Morgan fingerprint density at radius 2 is 2.00 bits per heavy atom. The summed E-state index contributed by atoms with van der Waals surface area (Å²) in [5.74, 6) is 0.464. The number of nitrogens with zero attached hydrogens (tertiary/aromatic N) is 1. The second-order valence-electron chi connectivity index (χ2n) is 4.75. The zero-order valence-corrected chi connectivity index (χ0v) is 13.6. The van der Waals surface area contributed by atoms with E-state index in [4.69, 9.17) is 9.84 Å². The number of nitrogens with one attached hydrogen (secondary N) is 1. The van der Waals surface area contributed by atoms with Gasteiger partial charge < -0.3 is 26.8 Å².